The van der Waals surface area contributed by atoms with Gasteiger partial charge in [0.25, 0.3) is 0 Å². The number of carboxylic acid groups (broad SMARTS) is 1. The zero-order valence-corrected chi connectivity index (χ0v) is 11.3. The molecular formula is C7H4Br3NO3. The number of rotatable bonds is 1. The molecule has 76 valence electrons. The lowest BCUT2D eigenvalue weighted by atomic mass is 10.3. The minimum Gasteiger partial charge on any atom is -0.506 e. The fourth-order valence-corrected chi connectivity index (χ4v) is 1.65. The highest BCUT2D eigenvalue weighted by atomic mass is 80.0. The second-order valence-electron chi connectivity index (χ2n) is 2.37. The lowest BCUT2D eigenvalue weighted by molar-refractivity contribution is 0.0690. The Kier molecular flexibility index (Phi) is 3.54. The van der Waals surface area contributed by atoms with Crippen LogP contribution >= 0.6 is 47.8 Å². The lowest BCUT2D eigenvalue weighted by Gasteiger charge is -2.13. The van der Waals surface area contributed by atoms with E-state index in [-0.39, 0.29) is 17.1 Å². The third-order valence-corrected chi connectivity index (χ3v) is 2.49. The molecule has 0 aromatic carbocycles. The summed E-state index contributed by atoms with van der Waals surface area (Å²) in [6, 6.07) is 2.49. The Morgan fingerprint density at radius 1 is 1.36 bits per heavy atom. The van der Waals surface area contributed by atoms with Gasteiger partial charge in [0, 0.05) is 0 Å². The Labute approximate surface area is 105 Å². The normalized spacial score (nSPS) is 11.4. The first-order chi connectivity index (χ1) is 6.32. The van der Waals surface area contributed by atoms with Crippen molar-refractivity contribution in [3.63, 3.8) is 0 Å². The average Bonchev–Trinajstić information content (AvgIpc) is 2.02. The van der Waals surface area contributed by atoms with Gasteiger partial charge < -0.3 is 10.2 Å². The first kappa shape index (κ1) is 11.9. The predicted molar refractivity (Wildman–Crippen MR) is 61.3 cm³/mol. The van der Waals surface area contributed by atoms with Crippen LogP contribution in [0.2, 0.25) is 0 Å². The van der Waals surface area contributed by atoms with E-state index in [2.05, 4.69) is 52.8 Å². The van der Waals surface area contributed by atoms with E-state index in [0.29, 0.717) is 0 Å². The summed E-state index contributed by atoms with van der Waals surface area (Å²) in [5.74, 6) is -1.26. The Balaban J connectivity index is 3.29. The first-order valence-corrected chi connectivity index (χ1v) is 5.71. The fourth-order valence-electron chi connectivity index (χ4n) is 0.780. The number of aromatic nitrogens is 1. The number of nitrogens with zero attached hydrogens (tertiary/aromatic N) is 1. The monoisotopic (exact) mass is 387 g/mol. The van der Waals surface area contributed by atoms with E-state index in [1.54, 1.807) is 0 Å². The molecule has 0 saturated carbocycles. The average molecular weight is 390 g/mol. The van der Waals surface area contributed by atoms with E-state index in [9.17, 15) is 9.90 Å². The van der Waals surface area contributed by atoms with Crippen LogP contribution in [-0.4, -0.2) is 21.2 Å². The molecule has 0 spiro atoms. The molecule has 0 bridgehead atoms. The maximum absolute atomic E-state index is 10.6. The number of aromatic carboxylic acids is 1. The standard InChI is InChI=1S/C7H4Br3NO3/c8-7(9,10)5-4(12)2-1-3(11-5)6(13)14/h1-2,12H,(H,13,14). The highest BCUT2D eigenvalue weighted by molar-refractivity contribution is 9.38. The molecule has 4 nitrogen and oxygen atoms in total. The Morgan fingerprint density at radius 3 is 2.36 bits per heavy atom. The topological polar surface area (TPSA) is 70.4 Å². The summed E-state index contributed by atoms with van der Waals surface area (Å²) >= 11 is 9.42. The molecule has 1 aromatic heterocycles. The van der Waals surface area contributed by atoms with E-state index in [1.807, 2.05) is 0 Å². The van der Waals surface area contributed by atoms with Crippen molar-refractivity contribution in [2.24, 2.45) is 0 Å². The van der Waals surface area contributed by atoms with Crippen molar-refractivity contribution in [1.29, 1.82) is 0 Å². The van der Waals surface area contributed by atoms with Crippen molar-refractivity contribution < 1.29 is 15.0 Å². The molecule has 0 atom stereocenters. The van der Waals surface area contributed by atoms with Crippen LogP contribution in [0.4, 0.5) is 0 Å². The van der Waals surface area contributed by atoms with E-state index in [1.165, 1.54) is 12.1 Å². The Hall–Kier alpha value is -0.140. The molecule has 1 heterocycles. The van der Waals surface area contributed by atoms with Gasteiger partial charge in [-0.1, -0.05) is 47.8 Å². The van der Waals surface area contributed by atoms with Crippen molar-refractivity contribution in [2.45, 2.75) is 2.14 Å². The molecule has 0 saturated heterocycles. The van der Waals surface area contributed by atoms with Crippen LogP contribution in [0.5, 0.6) is 5.75 Å². The van der Waals surface area contributed by atoms with Crippen molar-refractivity contribution >= 4 is 53.8 Å². The zero-order valence-electron chi connectivity index (χ0n) is 6.54. The van der Waals surface area contributed by atoms with Gasteiger partial charge >= 0.3 is 5.97 Å². The minimum atomic E-state index is -1.15. The molecule has 7 heteroatoms. The van der Waals surface area contributed by atoms with Crippen molar-refractivity contribution in [1.82, 2.24) is 4.98 Å². The van der Waals surface area contributed by atoms with Crippen LogP contribution in [0.25, 0.3) is 0 Å². The highest BCUT2D eigenvalue weighted by Gasteiger charge is 2.27. The third kappa shape index (κ3) is 2.68. The van der Waals surface area contributed by atoms with Crippen molar-refractivity contribution in [2.75, 3.05) is 0 Å². The maximum Gasteiger partial charge on any atom is 0.354 e. The van der Waals surface area contributed by atoms with Crippen LogP contribution in [0.3, 0.4) is 0 Å². The number of carbonyl (C=O) groups is 1. The van der Waals surface area contributed by atoms with Crippen molar-refractivity contribution in [3.8, 4) is 5.75 Å². The van der Waals surface area contributed by atoms with Crippen LogP contribution in [0.15, 0.2) is 12.1 Å². The van der Waals surface area contributed by atoms with E-state index >= 15 is 0 Å². The van der Waals surface area contributed by atoms with Gasteiger partial charge in [-0.25, -0.2) is 9.78 Å². The number of alkyl halides is 3. The summed E-state index contributed by atoms with van der Waals surface area (Å²) in [6.07, 6.45) is 0. The minimum absolute atomic E-state index is 0.111. The summed E-state index contributed by atoms with van der Waals surface area (Å²) in [5, 5.41) is 18.1. The van der Waals surface area contributed by atoms with Gasteiger partial charge in [-0.15, -0.1) is 0 Å². The second kappa shape index (κ2) is 4.16. The highest BCUT2D eigenvalue weighted by Crippen LogP contribution is 2.46. The number of carboxylic acids is 1. The van der Waals surface area contributed by atoms with Crippen LogP contribution < -0.4 is 0 Å². The molecule has 0 aliphatic rings. The van der Waals surface area contributed by atoms with Gasteiger partial charge in [-0.05, 0) is 12.1 Å². The molecule has 1 rings (SSSR count). The summed E-state index contributed by atoms with van der Waals surface area (Å²) < 4.78 is -0.928. The molecule has 0 radical (unpaired) electrons. The molecule has 1 aromatic rings. The number of halogens is 3. The van der Waals surface area contributed by atoms with Gasteiger partial charge in [-0.3, -0.25) is 0 Å². The Morgan fingerprint density at radius 2 is 1.93 bits per heavy atom. The molecule has 0 fully saturated rings. The van der Waals surface area contributed by atoms with Gasteiger partial charge in [0.05, 0.1) is 0 Å². The Bertz CT molecular complexity index is 375. The third-order valence-electron chi connectivity index (χ3n) is 1.36. The SMILES string of the molecule is O=C(O)c1ccc(O)c(C(Br)(Br)Br)n1. The molecular weight excluding hydrogens is 386 g/mol. The van der Waals surface area contributed by atoms with Gasteiger partial charge in [0.15, 0.2) is 2.14 Å². The number of hydrogen-bond acceptors (Lipinski definition) is 3. The predicted octanol–water partition coefficient (Wildman–Crippen LogP) is 2.78. The number of hydrogen-bond donors (Lipinski definition) is 2. The largest absolute Gasteiger partial charge is 0.506 e. The number of pyridine rings is 1. The summed E-state index contributed by atoms with van der Waals surface area (Å²) in [5.41, 5.74) is 0.0120. The van der Waals surface area contributed by atoms with Crippen LogP contribution in [0.1, 0.15) is 16.2 Å². The second-order valence-corrected chi connectivity index (χ2v) is 9.13. The summed E-state index contributed by atoms with van der Waals surface area (Å²) in [6.45, 7) is 0. The van der Waals surface area contributed by atoms with E-state index in [0.717, 1.165) is 0 Å². The van der Waals surface area contributed by atoms with E-state index < -0.39 is 8.11 Å². The molecule has 14 heavy (non-hydrogen) atoms. The lowest BCUT2D eigenvalue weighted by Crippen LogP contribution is -2.08. The molecule has 0 amide bonds. The van der Waals surface area contributed by atoms with Crippen LogP contribution in [0, 0.1) is 0 Å². The smallest absolute Gasteiger partial charge is 0.354 e. The maximum atomic E-state index is 10.6. The zero-order chi connectivity index (χ0) is 10.9. The fraction of sp³-hybridized carbons (Fsp3) is 0.143. The number of aromatic hydroxyl groups is 1. The van der Waals surface area contributed by atoms with Gasteiger partial charge in [-0.2, -0.15) is 0 Å². The molecule has 0 aliphatic heterocycles. The van der Waals surface area contributed by atoms with Gasteiger partial charge in [0.1, 0.15) is 17.1 Å². The van der Waals surface area contributed by atoms with E-state index in [4.69, 9.17) is 5.11 Å². The quantitative estimate of drug-likeness (QED) is 0.725. The summed E-state index contributed by atoms with van der Waals surface area (Å²) in [7, 11) is 0. The molecule has 2 N–H and O–H groups in total. The molecule has 0 unspecified atom stereocenters. The van der Waals surface area contributed by atoms with Crippen molar-refractivity contribution in [3.05, 3.63) is 23.5 Å². The van der Waals surface area contributed by atoms with Gasteiger partial charge in [0.2, 0.25) is 0 Å². The first-order valence-electron chi connectivity index (χ1n) is 3.33. The molecule has 0 aliphatic carbocycles. The van der Waals surface area contributed by atoms with Crippen LogP contribution in [-0.2, 0) is 2.14 Å². The summed E-state index contributed by atoms with van der Waals surface area (Å²) in [4.78, 5) is 14.4.